The fourth-order valence-electron chi connectivity index (χ4n) is 4.70. The Morgan fingerprint density at radius 1 is 1.11 bits per heavy atom. The molecule has 10 heteroatoms. The maximum atomic E-state index is 13.8. The van der Waals surface area contributed by atoms with Gasteiger partial charge in [-0.15, -0.1) is 0 Å². The van der Waals surface area contributed by atoms with Crippen molar-refractivity contribution < 1.29 is 18.2 Å². The van der Waals surface area contributed by atoms with E-state index >= 15 is 0 Å². The molecule has 1 aliphatic rings. The van der Waals surface area contributed by atoms with Gasteiger partial charge in [-0.2, -0.15) is 0 Å². The third kappa shape index (κ3) is 4.81. The van der Waals surface area contributed by atoms with Crippen LogP contribution in [-0.2, 0) is 17.9 Å². The molecule has 4 heterocycles. The van der Waals surface area contributed by atoms with Crippen molar-refractivity contribution in [3.8, 4) is 22.7 Å². The summed E-state index contributed by atoms with van der Waals surface area (Å²) in [4.78, 5) is 22.5. The van der Waals surface area contributed by atoms with Crippen LogP contribution < -0.4 is 10.0 Å². The smallest absolute Gasteiger partial charge is 0.243 e. The minimum absolute atomic E-state index is 0.0144. The number of nitrogens with one attached hydrogen (secondary N) is 2. The van der Waals surface area contributed by atoms with Crippen molar-refractivity contribution >= 4 is 27.3 Å². The second kappa shape index (κ2) is 10.1. The van der Waals surface area contributed by atoms with Gasteiger partial charge in [-0.05, 0) is 54.4 Å². The highest BCUT2D eigenvalue weighted by Crippen LogP contribution is 2.51. The maximum absolute atomic E-state index is 13.8. The van der Waals surface area contributed by atoms with Crippen LogP contribution in [0.5, 0.6) is 0 Å². The SMILES string of the molecule is O=C(Cn1c(-c2ncco2)cc2cc(F)ccc21)NCc1ccc(-c2ccc(S3(O)CCCN3)cc2)cn1. The van der Waals surface area contributed by atoms with Crippen LogP contribution >= 0.6 is 10.5 Å². The fraction of sp³-hybridized carbons (Fsp3) is 0.179. The van der Waals surface area contributed by atoms with E-state index in [-0.39, 0.29) is 24.8 Å². The largest absolute Gasteiger partial charge is 0.443 e. The molecule has 38 heavy (non-hydrogen) atoms. The summed E-state index contributed by atoms with van der Waals surface area (Å²) in [6.45, 7) is 1.13. The number of carbonyl (C=O) groups is 1. The van der Waals surface area contributed by atoms with E-state index in [0.29, 0.717) is 22.5 Å². The van der Waals surface area contributed by atoms with Gasteiger partial charge < -0.3 is 18.9 Å². The number of hydrogen-bond acceptors (Lipinski definition) is 6. The van der Waals surface area contributed by atoms with Gasteiger partial charge in [-0.3, -0.25) is 14.5 Å². The van der Waals surface area contributed by atoms with Gasteiger partial charge in [0.1, 0.15) is 24.3 Å². The predicted molar refractivity (Wildman–Crippen MR) is 145 cm³/mol. The number of pyridine rings is 1. The number of hydrogen-bond donors (Lipinski definition) is 3. The number of oxazole rings is 1. The zero-order valence-electron chi connectivity index (χ0n) is 20.4. The van der Waals surface area contributed by atoms with E-state index in [1.165, 1.54) is 24.6 Å². The average Bonchev–Trinajstić information content (AvgIpc) is 3.69. The van der Waals surface area contributed by atoms with Gasteiger partial charge >= 0.3 is 0 Å². The van der Waals surface area contributed by atoms with Crippen molar-refractivity contribution in [3.63, 3.8) is 0 Å². The van der Waals surface area contributed by atoms with E-state index in [2.05, 4.69) is 20.0 Å². The number of rotatable bonds is 7. The van der Waals surface area contributed by atoms with Crippen molar-refractivity contribution in [2.24, 2.45) is 0 Å². The number of halogens is 1. The molecule has 0 spiro atoms. The first-order valence-electron chi connectivity index (χ1n) is 12.3. The van der Waals surface area contributed by atoms with Gasteiger partial charge in [0.25, 0.3) is 0 Å². The van der Waals surface area contributed by atoms with E-state index in [9.17, 15) is 13.7 Å². The second-order valence-electron chi connectivity index (χ2n) is 9.15. The molecule has 0 aliphatic carbocycles. The first kappa shape index (κ1) is 24.4. The molecule has 1 atom stereocenters. The van der Waals surface area contributed by atoms with Crippen LogP contribution in [0.3, 0.4) is 0 Å². The molecule has 1 aliphatic heterocycles. The van der Waals surface area contributed by atoms with Crippen LogP contribution in [0.4, 0.5) is 4.39 Å². The number of benzene rings is 2. The Bertz CT molecular complexity index is 1580. The summed E-state index contributed by atoms with van der Waals surface area (Å²) in [7, 11) is -1.89. The molecular weight excluding hydrogens is 505 g/mol. The van der Waals surface area contributed by atoms with Crippen LogP contribution in [0.1, 0.15) is 12.1 Å². The standard InChI is InChI=1S/C28H26FN5O3S/c29-22-5-9-25-21(14-22)15-26(28-30-11-12-37-28)34(25)18-27(35)32-17-23-6-2-20(16-31-23)19-3-7-24(8-4-19)38(36)13-1-10-33-38/h2-9,11-12,14-16,33,36H,1,10,13,17-18H2,(H,32,35). The summed E-state index contributed by atoms with van der Waals surface area (Å²) in [6, 6.07) is 18.0. The van der Waals surface area contributed by atoms with Crippen molar-refractivity contribution in [1.82, 2.24) is 24.6 Å². The lowest BCUT2D eigenvalue weighted by Gasteiger charge is -2.29. The Kier molecular flexibility index (Phi) is 6.44. The summed E-state index contributed by atoms with van der Waals surface area (Å²) in [6.07, 6.45) is 5.75. The number of amides is 1. The minimum atomic E-state index is -1.89. The molecule has 1 unspecified atom stereocenters. The summed E-state index contributed by atoms with van der Waals surface area (Å²) >= 11 is 0. The Morgan fingerprint density at radius 2 is 1.95 bits per heavy atom. The molecule has 5 aromatic rings. The van der Waals surface area contributed by atoms with Gasteiger partial charge in [0, 0.05) is 39.9 Å². The van der Waals surface area contributed by atoms with Crippen molar-refractivity contribution in [2.75, 3.05) is 12.3 Å². The van der Waals surface area contributed by atoms with Crippen LogP contribution in [0.25, 0.3) is 33.6 Å². The molecule has 1 fully saturated rings. The van der Waals surface area contributed by atoms with Gasteiger partial charge in [0.2, 0.25) is 11.8 Å². The van der Waals surface area contributed by atoms with Gasteiger partial charge in [0.05, 0.1) is 18.4 Å². The van der Waals surface area contributed by atoms with E-state index < -0.39 is 10.5 Å². The van der Waals surface area contributed by atoms with E-state index in [0.717, 1.165) is 40.4 Å². The predicted octanol–water partition coefficient (Wildman–Crippen LogP) is 5.36. The highest BCUT2D eigenvalue weighted by atomic mass is 32.3. The third-order valence-corrected chi connectivity index (χ3v) is 9.26. The molecule has 6 rings (SSSR count). The van der Waals surface area contributed by atoms with Crippen molar-refractivity contribution in [3.05, 3.63) is 90.8 Å². The molecule has 0 bridgehead atoms. The number of carbonyl (C=O) groups excluding carboxylic acids is 1. The van der Waals surface area contributed by atoms with E-state index in [1.54, 1.807) is 22.9 Å². The van der Waals surface area contributed by atoms with Crippen LogP contribution in [0, 0.1) is 5.82 Å². The third-order valence-electron chi connectivity index (χ3n) is 6.64. The normalized spacial score (nSPS) is 18.9. The highest BCUT2D eigenvalue weighted by molar-refractivity contribution is 8.27. The Morgan fingerprint density at radius 3 is 2.66 bits per heavy atom. The minimum Gasteiger partial charge on any atom is -0.443 e. The summed E-state index contributed by atoms with van der Waals surface area (Å²) in [5, 5.41) is 3.57. The molecule has 3 N–H and O–H groups in total. The zero-order valence-corrected chi connectivity index (χ0v) is 21.2. The van der Waals surface area contributed by atoms with Crippen molar-refractivity contribution in [1.29, 1.82) is 0 Å². The monoisotopic (exact) mass is 531 g/mol. The maximum Gasteiger partial charge on any atom is 0.243 e. The number of fused-ring (bicyclic) bond motifs is 1. The molecule has 3 aromatic heterocycles. The average molecular weight is 532 g/mol. The molecular formula is C28H26FN5O3S. The van der Waals surface area contributed by atoms with Gasteiger partial charge in [0.15, 0.2) is 0 Å². The second-order valence-corrected chi connectivity index (χ2v) is 11.7. The van der Waals surface area contributed by atoms with Gasteiger partial charge in [-0.25, -0.2) is 9.37 Å². The Labute approximate surface area is 220 Å². The zero-order chi connectivity index (χ0) is 26.1. The van der Waals surface area contributed by atoms with E-state index in [1.807, 2.05) is 36.4 Å². The molecule has 1 saturated heterocycles. The Hall–Kier alpha value is -3.99. The number of nitrogens with zero attached hydrogens (tertiary/aromatic N) is 3. The van der Waals surface area contributed by atoms with Crippen LogP contribution in [0.15, 0.2) is 88.6 Å². The Balaban J connectivity index is 1.12. The molecule has 0 saturated carbocycles. The molecule has 2 aromatic carbocycles. The lowest BCUT2D eigenvalue weighted by Crippen LogP contribution is -2.27. The topological polar surface area (TPSA) is 105 Å². The first-order chi connectivity index (χ1) is 18.5. The molecule has 1 amide bonds. The van der Waals surface area contributed by atoms with Crippen molar-refractivity contribution in [2.45, 2.75) is 24.4 Å². The fourth-order valence-corrected chi connectivity index (χ4v) is 6.87. The highest BCUT2D eigenvalue weighted by Gasteiger charge is 2.27. The van der Waals surface area contributed by atoms with Crippen LogP contribution in [0.2, 0.25) is 0 Å². The first-order valence-corrected chi connectivity index (χ1v) is 14.0. The summed E-state index contributed by atoms with van der Waals surface area (Å²) in [5.41, 5.74) is 3.99. The van der Waals surface area contributed by atoms with Crippen LogP contribution in [-0.4, -0.2) is 37.3 Å². The van der Waals surface area contributed by atoms with E-state index in [4.69, 9.17) is 4.42 Å². The molecule has 194 valence electrons. The molecule has 8 nitrogen and oxygen atoms in total. The quantitative estimate of drug-likeness (QED) is 0.261. The summed E-state index contributed by atoms with van der Waals surface area (Å²) < 4.78 is 35.0. The lowest BCUT2D eigenvalue weighted by molar-refractivity contribution is -0.121. The summed E-state index contributed by atoms with van der Waals surface area (Å²) in [5.74, 6) is 0.568. The van der Waals surface area contributed by atoms with Gasteiger partial charge in [-0.1, -0.05) is 28.7 Å². The lowest BCUT2D eigenvalue weighted by atomic mass is 10.1. The number of aromatic nitrogens is 3. The molecule has 0 radical (unpaired) electrons.